The Balaban J connectivity index is 2.13. The number of aromatic nitrogens is 7. The molecule has 0 aliphatic rings. The van der Waals surface area contributed by atoms with Crippen LogP contribution in [0.1, 0.15) is 18.8 Å². The summed E-state index contributed by atoms with van der Waals surface area (Å²) in [5.41, 5.74) is 6.50. The third-order valence-corrected chi connectivity index (χ3v) is 2.57. The molecule has 3 heterocycles. The summed E-state index contributed by atoms with van der Waals surface area (Å²) >= 11 is 0. The highest BCUT2D eigenvalue weighted by atomic mass is 15.4. The fraction of sp³-hybridized carbons (Fsp3) is 0.167. The van der Waals surface area contributed by atoms with Crippen molar-refractivity contribution in [2.24, 2.45) is 5.73 Å². The zero-order chi connectivity index (χ0) is 13.9. The van der Waals surface area contributed by atoms with Crippen molar-refractivity contribution in [1.29, 1.82) is 0 Å². The fourth-order valence-electron chi connectivity index (χ4n) is 1.69. The molecule has 0 saturated heterocycles. The molecule has 0 bridgehead atoms. The van der Waals surface area contributed by atoms with Crippen LogP contribution in [0, 0.1) is 0 Å². The maximum atomic E-state index is 5.93. The van der Waals surface area contributed by atoms with Crippen molar-refractivity contribution in [1.82, 2.24) is 34.7 Å². The summed E-state index contributed by atoms with van der Waals surface area (Å²) < 4.78 is 1.52. The molecule has 20 heavy (non-hydrogen) atoms. The van der Waals surface area contributed by atoms with Crippen LogP contribution in [0.25, 0.3) is 17.5 Å². The quantitative estimate of drug-likeness (QED) is 0.738. The highest BCUT2D eigenvalue weighted by molar-refractivity contribution is 5.46. The predicted molar refractivity (Wildman–Crippen MR) is 70.6 cm³/mol. The second kappa shape index (κ2) is 5.10. The summed E-state index contributed by atoms with van der Waals surface area (Å²) in [7, 11) is 0. The van der Waals surface area contributed by atoms with Gasteiger partial charge in [-0.2, -0.15) is 4.68 Å². The Labute approximate surface area is 114 Å². The molecule has 8 heteroatoms. The van der Waals surface area contributed by atoms with Crippen molar-refractivity contribution in [2.75, 3.05) is 0 Å². The SMILES string of the molecule is CC(N)c1nc(-c2cnccn2)nn1-c1ncccn1. The predicted octanol–water partition coefficient (Wildman–Crippen LogP) is 0.534. The molecule has 0 amide bonds. The molecule has 0 fully saturated rings. The van der Waals surface area contributed by atoms with Gasteiger partial charge in [-0.05, 0) is 13.0 Å². The van der Waals surface area contributed by atoms with Crippen molar-refractivity contribution >= 4 is 0 Å². The molecule has 0 saturated carbocycles. The first-order chi connectivity index (χ1) is 9.75. The van der Waals surface area contributed by atoms with Crippen LogP contribution in [0.5, 0.6) is 0 Å². The van der Waals surface area contributed by atoms with Gasteiger partial charge in [0, 0.05) is 24.8 Å². The lowest BCUT2D eigenvalue weighted by Crippen LogP contribution is -2.14. The van der Waals surface area contributed by atoms with E-state index < -0.39 is 0 Å². The molecule has 3 rings (SSSR count). The lowest BCUT2D eigenvalue weighted by molar-refractivity contribution is 0.669. The first kappa shape index (κ1) is 12.3. The normalized spacial score (nSPS) is 12.3. The highest BCUT2D eigenvalue weighted by Crippen LogP contribution is 2.16. The van der Waals surface area contributed by atoms with E-state index in [2.05, 4.69) is 30.0 Å². The van der Waals surface area contributed by atoms with Crippen molar-refractivity contribution in [3.05, 3.63) is 42.9 Å². The second-order valence-electron chi connectivity index (χ2n) is 4.13. The lowest BCUT2D eigenvalue weighted by atomic mass is 10.3. The molecular weight excluding hydrogens is 256 g/mol. The monoisotopic (exact) mass is 268 g/mol. The van der Waals surface area contributed by atoms with Crippen LogP contribution in [0.3, 0.4) is 0 Å². The smallest absolute Gasteiger partial charge is 0.252 e. The van der Waals surface area contributed by atoms with E-state index in [4.69, 9.17) is 5.73 Å². The maximum absolute atomic E-state index is 5.93. The summed E-state index contributed by atoms with van der Waals surface area (Å²) in [6, 6.07) is 1.42. The summed E-state index contributed by atoms with van der Waals surface area (Å²) in [4.78, 5) is 20.9. The minimum Gasteiger partial charge on any atom is -0.322 e. The molecule has 3 aromatic rings. The molecule has 1 atom stereocenters. The molecular formula is C12H12N8. The van der Waals surface area contributed by atoms with E-state index in [0.717, 1.165) is 0 Å². The van der Waals surface area contributed by atoms with E-state index in [9.17, 15) is 0 Å². The zero-order valence-corrected chi connectivity index (χ0v) is 10.7. The Bertz CT molecular complexity index is 692. The summed E-state index contributed by atoms with van der Waals surface area (Å²) in [6.07, 6.45) is 8.04. The Kier molecular flexibility index (Phi) is 3.13. The van der Waals surface area contributed by atoms with Crippen LogP contribution in [0.2, 0.25) is 0 Å². The van der Waals surface area contributed by atoms with Gasteiger partial charge in [0.25, 0.3) is 5.95 Å². The van der Waals surface area contributed by atoms with Gasteiger partial charge in [0.05, 0.1) is 12.2 Å². The topological polar surface area (TPSA) is 108 Å². The molecule has 0 spiro atoms. The number of hydrogen-bond acceptors (Lipinski definition) is 7. The average molecular weight is 268 g/mol. The van der Waals surface area contributed by atoms with Crippen molar-refractivity contribution < 1.29 is 0 Å². The Morgan fingerprint density at radius 1 is 1.10 bits per heavy atom. The van der Waals surface area contributed by atoms with E-state index in [1.807, 2.05) is 6.92 Å². The minimum absolute atomic E-state index is 0.309. The maximum Gasteiger partial charge on any atom is 0.252 e. The highest BCUT2D eigenvalue weighted by Gasteiger charge is 2.18. The molecule has 100 valence electrons. The van der Waals surface area contributed by atoms with Crippen LogP contribution < -0.4 is 5.73 Å². The molecule has 3 aromatic heterocycles. The van der Waals surface area contributed by atoms with Gasteiger partial charge in [-0.1, -0.05) is 0 Å². The zero-order valence-electron chi connectivity index (χ0n) is 10.7. The standard InChI is InChI=1S/C12H12N8/c1-8(13)11-18-10(9-7-14-5-6-15-9)19-20(11)12-16-3-2-4-17-12/h2-8H,13H2,1H3. The average Bonchev–Trinajstić information content (AvgIpc) is 2.94. The number of nitrogens with zero attached hydrogens (tertiary/aromatic N) is 7. The van der Waals surface area contributed by atoms with E-state index in [0.29, 0.717) is 23.3 Å². The van der Waals surface area contributed by atoms with Crippen LogP contribution >= 0.6 is 0 Å². The summed E-state index contributed by atoms with van der Waals surface area (Å²) in [6.45, 7) is 1.82. The van der Waals surface area contributed by atoms with Crippen LogP contribution in [-0.2, 0) is 0 Å². The van der Waals surface area contributed by atoms with Crippen LogP contribution in [0.4, 0.5) is 0 Å². The molecule has 0 aliphatic carbocycles. The van der Waals surface area contributed by atoms with E-state index in [1.165, 1.54) is 4.68 Å². The van der Waals surface area contributed by atoms with Gasteiger partial charge >= 0.3 is 0 Å². The number of rotatable bonds is 3. The number of nitrogens with two attached hydrogens (primary N) is 1. The molecule has 0 radical (unpaired) electrons. The summed E-state index contributed by atoms with van der Waals surface area (Å²) in [5.74, 6) is 1.43. The Morgan fingerprint density at radius 2 is 1.90 bits per heavy atom. The van der Waals surface area contributed by atoms with E-state index in [-0.39, 0.29) is 6.04 Å². The molecule has 2 N–H and O–H groups in total. The minimum atomic E-state index is -0.309. The lowest BCUT2D eigenvalue weighted by Gasteiger charge is -2.05. The molecule has 1 unspecified atom stereocenters. The molecule has 8 nitrogen and oxygen atoms in total. The third-order valence-electron chi connectivity index (χ3n) is 2.57. The molecule has 0 aliphatic heterocycles. The van der Waals surface area contributed by atoms with E-state index >= 15 is 0 Å². The Morgan fingerprint density at radius 3 is 2.55 bits per heavy atom. The van der Waals surface area contributed by atoms with Gasteiger partial charge < -0.3 is 5.73 Å². The largest absolute Gasteiger partial charge is 0.322 e. The van der Waals surface area contributed by atoms with Crippen LogP contribution in [0.15, 0.2) is 37.1 Å². The van der Waals surface area contributed by atoms with Gasteiger partial charge in [-0.15, -0.1) is 5.10 Å². The fourth-order valence-corrected chi connectivity index (χ4v) is 1.69. The van der Waals surface area contributed by atoms with Gasteiger partial charge in [0.1, 0.15) is 5.69 Å². The van der Waals surface area contributed by atoms with Crippen molar-refractivity contribution in [3.8, 4) is 17.5 Å². The molecule has 0 aromatic carbocycles. The summed E-state index contributed by atoms with van der Waals surface area (Å²) in [5, 5.41) is 4.37. The van der Waals surface area contributed by atoms with Crippen molar-refractivity contribution in [3.63, 3.8) is 0 Å². The van der Waals surface area contributed by atoms with Crippen molar-refractivity contribution in [2.45, 2.75) is 13.0 Å². The first-order valence-electron chi connectivity index (χ1n) is 6.02. The first-order valence-corrected chi connectivity index (χ1v) is 6.02. The van der Waals surface area contributed by atoms with E-state index in [1.54, 1.807) is 37.1 Å². The van der Waals surface area contributed by atoms with Gasteiger partial charge in [-0.3, -0.25) is 4.98 Å². The third kappa shape index (κ3) is 2.24. The van der Waals surface area contributed by atoms with Gasteiger partial charge in [-0.25, -0.2) is 19.9 Å². The Hall–Kier alpha value is -2.74. The second-order valence-corrected chi connectivity index (χ2v) is 4.13. The number of hydrogen-bond donors (Lipinski definition) is 1. The van der Waals surface area contributed by atoms with Crippen LogP contribution in [-0.4, -0.2) is 34.7 Å². The van der Waals surface area contributed by atoms with Gasteiger partial charge in [0.15, 0.2) is 5.82 Å². The van der Waals surface area contributed by atoms with Gasteiger partial charge in [0.2, 0.25) is 5.82 Å².